The second-order valence-corrected chi connectivity index (χ2v) is 9.49. The van der Waals surface area contributed by atoms with Crippen molar-refractivity contribution in [1.29, 1.82) is 0 Å². The van der Waals surface area contributed by atoms with Gasteiger partial charge in [-0.3, -0.25) is 0 Å². The van der Waals surface area contributed by atoms with Crippen molar-refractivity contribution in [2.45, 2.75) is 25.3 Å². The number of amidine groups is 1. The van der Waals surface area contributed by atoms with Gasteiger partial charge < -0.3 is 4.90 Å². The summed E-state index contributed by atoms with van der Waals surface area (Å²) in [5.41, 5.74) is 7.70. The summed E-state index contributed by atoms with van der Waals surface area (Å²) in [6.45, 7) is 0. The first-order valence-electron chi connectivity index (χ1n) is 11.4. The van der Waals surface area contributed by atoms with Crippen LogP contribution in [-0.2, 0) is 0 Å². The Bertz CT molecular complexity index is 1350. The molecule has 3 aromatic carbocycles. The first kappa shape index (κ1) is 21.1. The average molecular weight is 469 g/mol. The van der Waals surface area contributed by atoms with E-state index in [1.165, 1.54) is 35.4 Å². The van der Waals surface area contributed by atoms with Crippen molar-refractivity contribution in [3.8, 4) is 0 Å². The van der Waals surface area contributed by atoms with Crippen molar-refractivity contribution >= 4 is 28.7 Å². The number of rotatable bonds is 3. The molecule has 0 unspecified atom stereocenters. The molecule has 0 N–H and O–H groups in total. The Morgan fingerprint density at radius 3 is 2.29 bits per heavy atom. The number of hydrogen-bond acceptors (Lipinski definition) is 3. The summed E-state index contributed by atoms with van der Waals surface area (Å²) >= 11 is 1.63. The van der Waals surface area contributed by atoms with Crippen LogP contribution < -0.4 is 0 Å². The van der Waals surface area contributed by atoms with Crippen molar-refractivity contribution in [2.24, 2.45) is 4.99 Å². The molecule has 2 nitrogen and oxygen atoms in total. The highest BCUT2D eigenvalue weighted by Crippen LogP contribution is 2.51. The summed E-state index contributed by atoms with van der Waals surface area (Å²) in [5.74, 6) is -0.477. The van der Waals surface area contributed by atoms with Gasteiger partial charge in [0.25, 0.3) is 0 Å². The maximum Gasteiger partial charge on any atom is 0.174 e. The molecule has 3 aliphatic rings. The van der Waals surface area contributed by atoms with E-state index in [1.54, 1.807) is 23.9 Å². The van der Waals surface area contributed by atoms with Crippen LogP contribution in [0.3, 0.4) is 0 Å². The van der Waals surface area contributed by atoms with Gasteiger partial charge in [-0.1, -0.05) is 66.4 Å². The monoisotopic (exact) mass is 468 g/mol. The fraction of sp³-hybridized carbons (Fsp3) is 0.138. The molecule has 1 aliphatic carbocycles. The molecule has 0 radical (unpaired) electrons. The molecule has 1 atom stereocenters. The molecule has 0 saturated carbocycles. The van der Waals surface area contributed by atoms with Gasteiger partial charge in [0.2, 0.25) is 0 Å². The van der Waals surface area contributed by atoms with Crippen LogP contribution in [0.15, 0.2) is 106 Å². The van der Waals surface area contributed by atoms with Gasteiger partial charge in [-0.2, -0.15) is 0 Å². The second kappa shape index (κ2) is 8.73. The average Bonchev–Trinajstić information content (AvgIpc) is 3.29. The highest BCUT2D eigenvalue weighted by Gasteiger charge is 2.40. The van der Waals surface area contributed by atoms with E-state index in [1.807, 2.05) is 30.3 Å². The lowest BCUT2D eigenvalue weighted by atomic mass is 9.82. The minimum Gasteiger partial charge on any atom is -0.308 e. The Labute approximate surface area is 202 Å². The molecule has 0 aromatic heterocycles. The minimum atomic E-state index is -0.238. The summed E-state index contributed by atoms with van der Waals surface area (Å²) in [6, 6.07) is 23.7. The van der Waals surface area contributed by atoms with E-state index in [9.17, 15) is 8.78 Å². The van der Waals surface area contributed by atoms with Gasteiger partial charge in [-0.25, -0.2) is 13.8 Å². The topological polar surface area (TPSA) is 15.6 Å². The number of benzene rings is 3. The van der Waals surface area contributed by atoms with Crippen molar-refractivity contribution in [2.75, 3.05) is 0 Å². The lowest BCUT2D eigenvalue weighted by molar-refractivity contribution is 0.457. The molecule has 0 amide bonds. The van der Waals surface area contributed by atoms with Crippen LogP contribution in [-0.4, -0.2) is 10.1 Å². The molecule has 2 aliphatic heterocycles. The fourth-order valence-electron chi connectivity index (χ4n) is 4.94. The Kier molecular flexibility index (Phi) is 5.42. The highest BCUT2D eigenvalue weighted by atomic mass is 32.2. The Morgan fingerprint density at radius 2 is 1.56 bits per heavy atom. The van der Waals surface area contributed by atoms with Gasteiger partial charge in [0.1, 0.15) is 11.6 Å². The number of aliphatic imine (C=N–C) groups is 1. The van der Waals surface area contributed by atoms with Crippen LogP contribution in [0.5, 0.6) is 0 Å². The predicted molar refractivity (Wildman–Crippen MR) is 136 cm³/mol. The van der Waals surface area contributed by atoms with Crippen molar-refractivity contribution in [1.82, 2.24) is 4.90 Å². The minimum absolute atomic E-state index is 0.0542. The summed E-state index contributed by atoms with van der Waals surface area (Å²) < 4.78 is 27.3. The Hall–Kier alpha value is -3.44. The lowest BCUT2D eigenvalue weighted by Crippen LogP contribution is -2.34. The summed E-state index contributed by atoms with van der Waals surface area (Å²) in [4.78, 5) is 7.45. The Balaban J connectivity index is 1.49. The smallest absolute Gasteiger partial charge is 0.174 e. The third-order valence-electron chi connectivity index (χ3n) is 6.50. The summed E-state index contributed by atoms with van der Waals surface area (Å²) in [7, 11) is 0. The van der Waals surface area contributed by atoms with Crippen molar-refractivity contribution in [3.63, 3.8) is 0 Å². The SMILES string of the molecule is Fc1ccc(/C=C2\CCCC3=C2N=C2SC=C(c4ccccc4)N2[C@H]3c2ccc(F)cc2)cc1. The van der Waals surface area contributed by atoms with Crippen molar-refractivity contribution in [3.05, 3.63) is 129 Å². The van der Waals surface area contributed by atoms with Gasteiger partial charge in [-0.05, 0) is 77.4 Å². The van der Waals surface area contributed by atoms with Gasteiger partial charge in [0, 0.05) is 5.41 Å². The van der Waals surface area contributed by atoms with Crippen LogP contribution in [0.1, 0.15) is 42.0 Å². The maximum atomic E-state index is 13.8. The molecule has 0 bridgehead atoms. The van der Waals surface area contributed by atoms with E-state index in [2.05, 4.69) is 28.5 Å². The summed E-state index contributed by atoms with van der Waals surface area (Å²) in [6.07, 6.45) is 4.99. The molecule has 0 saturated heterocycles. The third kappa shape index (κ3) is 3.80. The first-order chi connectivity index (χ1) is 16.7. The van der Waals surface area contributed by atoms with Crippen LogP contribution in [0.25, 0.3) is 11.8 Å². The zero-order chi connectivity index (χ0) is 23.1. The molecule has 168 valence electrons. The molecule has 3 aromatic rings. The van der Waals surface area contributed by atoms with E-state index in [0.29, 0.717) is 0 Å². The van der Waals surface area contributed by atoms with Crippen LogP contribution >= 0.6 is 11.8 Å². The number of halogens is 2. The molecule has 0 fully saturated rings. The van der Waals surface area contributed by atoms with Crippen molar-refractivity contribution < 1.29 is 8.78 Å². The fourth-order valence-corrected chi connectivity index (χ4v) is 5.87. The molecule has 5 heteroatoms. The quantitative estimate of drug-likeness (QED) is 0.388. The van der Waals surface area contributed by atoms with Gasteiger partial charge in [0.15, 0.2) is 5.17 Å². The summed E-state index contributed by atoms with van der Waals surface area (Å²) in [5, 5.41) is 3.09. The number of thioether (sulfide) groups is 1. The van der Waals surface area contributed by atoms with Crippen LogP contribution in [0, 0.1) is 11.6 Å². The van der Waals surface area contributed by atoms with E-state index in [-0.39, 0.29) is 17.7 Å². The lowest BCUT2D eigenvalue weighted by Gasteiger charge is -2.40. The van der Waals surface area contributed by atoms with Crippen LogP contribution in [0.4, 0.5) is 8.78 Å². The predicted octanol–water partition coefficient (Wildman–Crippen LogP) is 7.94. The van der Waals surface area contributed by atoms with Gasteiger partial charge >= 0.3 is 0 Å². The molecular formula is C29H22F2N2S. The van der Waals surface area contributed by atoms with Crippen LogP contribution in [0.2, 0.25) is 0 Å². The van der Waals surface area contributed by atoms with Gasteiger partial charge in [-0.15, -0.1) is 0 Å². The molecule has 2 heterocycles. The van der Waals surface area contributed by atoms with E-state index < -0.39 is 0 Å². The maximum absolute atomic E-state index is 13.8. The van der Waals surface area contributed by atoms with E-state index >= 15 is 0 Å². The number of hydrogen-bond donors (Lipinski definition) is 0. The molecular weight excluding hydrogens is 446 g/mol. The normalized spacial score (nSPS) is 20.7. The highest BCUT2D eigenvalue weighted by molar-refractivity contribution is 8.16. The zero-order valence-electron chi connectivity index (χ0n) is 18.4. The number of fused-ring (bicyclic) bond motifs is 1. The number of allylic oxidation sites excluding steroid dienone is 1. The molecule has 0 spiro atoms. The largest absolute Gasteiger partial charge is 0.308 e. The second-order valence-electron chi connectivity index (χ2n) is 8.65. The zero-order valence-corrected chi connectivity index (χ0v) is 19.2. The van der Waals surface area contributed by atoms with E-state index in [0.717, 1.165) is 52.5 Å². The number of nitrogens with zero attached hydrogens (tertiary/aromatic N) is 2. The van der Waals surface area contributed by atoms with E-state index in [4.69, 9.17) is 4.99 Å². The Morgan fingerprint density at radius 1 is 0.853 bits per heavy atom. The standard InChI is InChI=1S/C29H22F2N2S/c30-23-13-9-19(10-14-23)17-22-7-4-8-25-27(22)32-29-33(28(25)21-11-15-24(31)16-12-21)26(18-34-29)20-5-2-1-3-6-20/h1-3,5-6,9-18,28H,4,7-8H2/b22-17+/t28-/m0/s1. The van der Waals surface area contributed by atoms with Gasteiger partial charge in [0.05, 0.1) is 17.4 Å². The third-order valence-corrected chi connectivity index (χ3v) is 7.34. The first-order valence-corrected chi connectivity index (χ1v) is 12.3. The molecule has 34 heavy (non-hydrogen) atoms. The molecule has 6 rings (SSSR count).